The van der Waals surface area contributed by atoms with Crippen LogP contribution in [0.2, 0.25) is 15.1 Å². The van der Waals surface area contributed by atoms with Gasteiger partial charge >= 0.3 is 11.9 Å². The van der Waals surface area contributed by atoms with Gasteiger partial charge in [-0.15, -0.1) is 0 Å². The van der Waals surface area contributed by atoms with E-state index in [1.165, 1.54) is 19.2 Å². The molecule has 2 aromatic carbocycles. The van der Waals surface area contributed by atoms with Crippen molar-refractivity contribution in [3.05, 3.63) is 50.5 Å². The molecule has 126 valence electrons. The van der Waals surface area contributed by atoms with Gasteiger partial charge in [0.2, 0.25) is 0 Å². The molecule has 6 nitrogen and oxygen atoms in total. The van der Waals surface area contributed by atoms with E-state index >= 15 is 0 Å². The summed E-state index contributed by atoms with van der Waals surface area (Å²) in [6.07, 6.45) is 0. The summed E-state index contributed by atoms with van der Waals surface area (Å²) in [4.78, 5) is 22.6. The Morgan fingerprint density at radius 1 is 0.833 bits per heavy atom. The molecule has 0 heterocycles. The summed E-state index contributed by atoms with van der Waals surface area (Å²) >= 11 is 17.9. The topological polar surface area (TPSA) is 93.1 Å². The molecule has 9 heteroatoms. The van der Waals surface area contributed by atoms with Crippen molar-refractivity contribution in [2.75, 3.05) is 7.11 Å². The zero-order valence-corrected chi connectivity index (χ0v) is 14.2. The second-order valence-corrected chi connectivity index (χ2v) is 5.54. The molecule has 0 amide bonds. The molecule has 0 aromatic heterocycles. The SMILES string of the molecule is COc1ccc(Oc2c(Cl)c(Cl)c(C(=O)O)c(C(=O)O)c2Cl)cc1. The number of methoxy groups -OCH3 is 1. The maximum atomic E-state index is 11.4. The van der Waals surface area contributed by atoms with Crippen LogP contribution in [0.1, 0.15) is 20.7 Å². The van der Waals surface area contributed by atoms with E-state index in [0.717, 1.165) is 0 Å². The van der Waals surface area contributed by atoms with Gasteiger partial charge in [0.15, 0.2) is 5.75 Å². The predicted molar refractivity (Wildman–Crippen MR) is 88.5 cm³/mol. The van der Waals surface area contributed by atoms with Crippen LogP contribution in [0.4, 0.5) is 0 Å². The number of hydrogen-bond donors (Lipinski definition) is 2. The minimum Gasteiger partial charge on any atom is -0.497 e. The summed E-state index contributed by atoms with van der Waals surface area (Å²) in [7, 11) is 1.49. The highest BCUT2D eigenvalue weighted by atomic mass is 35.5. The van der Waals surface area contributed by atoms with Crippen LogP contribution in [-0.4, -0.2) is 29.3 Å². The van der Waals surface area contributed by atoms with Gasteiger partial charge < -0.3 is 19.7 Å². The fourth-order valence-electron chi connectivity index (χ4n) is 1.89. The first kappa shape index (κ1) is 18.2. The Hall–Kier alpha value is -2.15. The molecule has 0 saturated carbocycles. The zero-order valence-electron chi connectivity index (χ0n) is 12.0. The molecule has 2 aromatic rings. The van der Waals surface area contributed by atoms with Crippen molar-refractivity contribution < 1.29 is 29.3 Å². The Balaban J connectivity index is 2.61. The van der Waals surface area contributed by atoms with Crippen LogP contribution in [0.3, 0.4) is 0 Å². The number of carboxylic acid groups (broad SMARTS) is 2. The number of carbonyl (C=O) groups is 2. The highest BCUT2D eigenvalue weighted by Gasteiger charge is 2.30. The van der Waals surface area contributed by atoms with Crippen LogP contribution in [0.5, 0.6) is 17.2 Å². The first-order valence-electron chi connectivity index (χ1n) is 6.26. The molecule has 0 bridgehead atoms. The second kappa shape index (κ2) is 7.17. The molecule has 0 aliphatic carbocycles. The number of rotatable bonds is 5. The van der Waals surface area contributed by atoms with Gasteiger partial charge in [0.05, 0.1) is 23.3 Å². The van der Waals surface area contributed by atoms with Crippen LogP contribution >= 0.6 is 34.8 Å². The molecule has 0 saturated heterocycles. The summed E-state index contributed by atoms with van der Waals surface area (Å²) in [6.45, 7) is 0. The maximum absolute atomic E-state index is 11.4. The minimum absolute atomic E-state index is 0.254. The van der Waals surface area contributed by atoms with Crippen molar-refractivity contribution in [2.24, 2.45) is 0 Å². The standard InChI is InChI=1S/C15H9Cl3O6/c1-23-6-2-4-7(5-3-6)24-13-11(17)9(15(21)22)8(14(19)20)10(16)12(13)18/h2-5H,1H3,(H,19,20)(H,21,22). The van der Waals surface area contributed by atoms with E-state index in [-0.39, 0.29) is 16.5 Å². The third kappa shape index (κ3) is 3.36. The number of hydrogen-bond acceptors (Lipinski definition) is 4. The van der Waals surface area contributed by atoms with Crippen LogP contribution in [0.15, 0.2) is 24.3 Å². The van der Waals surface area contributed by atoms with E-state index in [1.54, 1.807) is 12.1 Å². The summed E-state index contributed by atoms with van der Waals surface area (Å²) in [5.41, 5.74) is -1.41. The van der Waals surface area contributed by atoms with E-state index in [0.29, 0.717) is 5.75 Å². The van der Waals surface area contributed by atoms with Crippen molar-refractivity contribution in [1.82, 2.24) is 0 Å². The summed E-state index contributed by atoms with van der Waals surface area (Å²) in [5.74, 6) is -2.55. The molecule has 24 heavy (non-hydrogen) atoms. The molecular formula is C15H9Cl3O6. The van der Waals surface area contributed by atoms with Gasteiger partial charge in [-0.2, -0.15) is 0 Å². The number of halogens is 3. The van der Waals surface area contributed by atoms with Crippen LogP contribution < -0.4 is 9.47 Å². The Morgan fingerprint density at radius 3 is 1.75 bits per heavy atom. The lowest BCUT2D eigenvalue weighted by molar-refractivity contribution is 0.0651. The molecule has 0 fully saturated rings. The molecule has 0 spiro atoms. The summed E-state index contributed by atoms with van der Waals surface area (Å²) in [6, 6.07) is 6.26. The first-order valence-corrected chi connectivity index (χ1v) is 7.40. The highest BCUT2D eigenvalue weighted by molar-refractivity contribution is 6.47. The van der Waals surface area contributed by atoms with Crippen LogP contribution in [-0.2, 0) is 0 Å². The van der Waals surface area contributed by atoms with Crippen molar-refractivity contribution in [2.45, 2.75) is 0 Å². The van der Waals surface area contributed by atoms with Crippen molar-refractivity contribution in [3.8, 4) is 17.2 Å². The monoisotopic (exact) mass is 390 g/mol. The first-order chi connectivity index (χ1) is 11.3. The normalized spacial score (nSPS) is 10.3. The predicted octanol–water partition coefficient (Wildman–Crippen LogP) is 4.84. The van der Waals surface area contributed by atoms with Gasteiger partial charge in [0, 0.05) is 0 Å². The summed E-state index contributed by atoms with van der Waals surface area (Å²) in [5, 5.41) is 17.2. The Kier molecular flexibility index (Phi) is 5.43. The van der Waals surface area contributed by atoms with Crippen LogP contribution in [0, 0.1) is 0 Å². The minimum atomic E-state index is -1.57. The van der Waals surface area contributed by atoms with Gasteiger partial charge in [-0.05, 0) is 24.3 Å². The van der Waals surface area contributed by atoms with E-state index in [4.69, 9.17) is 49.4 Å². The molecule has 2 rings (SSSR count). The van der Waals surface area contributed by atoms with Gasteiger partial charge in [0.25, 0.3) is 0 Å². The van der Waals surface area contributed by atoms with Gasteiger partial charge in [-0.1, -0.05) is 34.8 Å². The molecule has 0 aliphatic rings. The van der Waals surface area contributed by atoms with E-state index in [9.17, 15) is 14.7 Å². The molecule has 0 unspecified atom stereocenters. The lowest BCUT2D eigenvalue weighted by atomic mass is 10.1. The average Bonchev–Trinajstić information content (AvgIpc) is 2.54. The molecule has 0 atom stereocenters. The van der Waals surface area contributed by atoms with Gasteiger partial charge in [0.1, 0.15) is 21.5 Å². The highest BCUT2D eigenvalue weighted by Crippen LogP contribution is 2.45. The largest absolute Gasteiger partial charge is 0.497 e. The van der Waals surface area contributed by atoms with Gasteiger partial charge in [-0.3, -0.25) is 0 Å². The van der Waals surface area contributed by atoms with Crippen molar-refractivity contribution in [1.29, 1.82) is 0 Å². The van der Waals surface area contributed by atoms with E-state index in [2.05, 4.69) is 0 Å². The average molecular weight is 392 g/mol. The smallest absolute Gasteiger partial charge is 0.338 e. The van der Waals surface area contributed by atoms with Gasteiger partial charge in [-0.25, -0.2) is 9.59 Å². The molecular weight excluding hydrogens is 383 g/mol. The van der Waals surface area contributed by atoms with Crippen LogP contribution in [0.25, 0.3) is 0 Å². The van der Waals surface area contributed by atoms with E-state index in [1.807, 2.05) is 0 Å². The van der Waals surface area contributed by atoms with Crippen molar-refractivity contribution >= 4 is 46.7 Å². The maximum Gasteiger partial charge on any atom is 0.338 e. The van der Waals surface area contributed by atoms with E-state index < -0.39 is 33.1 Å². The Bertz CT molecular complexity index is 817. The Morgan fingerprint density at radius 2 is 1.29 bits per heavy atom. The quantitative estimate of drug-likeness (QED) is 0.708. The lowest BCUT2D eigenvalue weighted by Crippen LogP contribution is -2.11. The lowest BCUT2D eigenvalue weighted by Gasteiger charge is -2.15. The molecule has 0 aliphatic heterocycles. The summed E-state index contributed by atoms with van der Waals surface area (Å²) < 4.78 is 10.5. The third-order valence-electron chi connectivity index (χ3n) is 2.99. The number of ether oxygens (including phenoxy) is 2. The fraction of sp³-hybridized carbons (Fsp3) is 0.0667. The van der Waals surface area contributed by atoms with Crippen molar-refractivity contribution in [3.63, 3.8) is 0 Å². The number of benzene rings is 2. The number of aromatic carboxylic acids is 2. The molecule has 2 N–H and O–H groups in total. The Labute approximate surface area is 151 Å². The zero-order chi connectivity index (χ0) is 18.0. The molecule has 0 radical (unpaired) electrons. The number of carboxylic acids is 2. The fourth-order valence-corrected chi connectivity index (χ4v) is 2.74. The third-order valence-corrected chi connectivity index (χ3v) is 4.18. The second-order valence-electron chi connectivity index (χ2n) is 4.41.